The Labute approximate surface area is 169 Å². The van der Waals surface area contributed by atoms with Gasteiger partial charge in [0.2, 0.25) is 5.88 Å². The number of aliphatic imine (C=N–C) groups is 1. The minimum atomic E-state index is -0.257. The Kier molecular flexibility index (Phi) is 4.77. The molecule has 29 heavy (non-hydrogen) atoms. The summed E-state index contributed by atoms with van der Waals surface area (Å²) in [5.74, 6) is -0.117. The SMILES string of the molecule is Cc1cccc(-n2c(O)c(C=Nc3cccc(C)c3C)c3ccccc3c2=O)c1. The van der Waals surface area contributed by atoms with Crippen LogP contribution in [0.15, 0.2) is 76.5 Å². The van der Waals surface area contributed by atoms with E-state index in [9.17, 15) is 9.90 Å². The van der Waals surface area contributed by atoms with E-state index in [0.29, 0.717) is 22.0 Å². The third kappa shape index (κ3) is 3.34. The normalized spacial score (nSPS) is 11.4. The number of rotatable bonds is 3. The predicted molar refractivity (Wildman–Crippen MR) is 119 cm³/mol. The summed E-state index contributed by atoms with van der Waals surface area (Å²) in [5.41, 5.74) is 4.96. The summed E-state index contributed by atoms with van der Waals surface area (Å²) < 4.78 is 1.35. The molecule has 0 radical (unpaired) electrons. The van der Waals surface area contributed by atoms with E-state index in [1.165, 1.54) is 4.57 Å². The van der Waals surface area contributed by atoms with Crippen LogP contribution in [0, 0.1) is 20.8 Å². The highest BCUT2D eigenvalue weighted by Gasteiger charge is 2.16. The molecular formula is C25H22N2O2. The fraction of sp³-hybridized carbons (Fsp3) is 0.120. The average molecular weight is 382 g/mol. The highest BCUT2D eigenvalue weighted by Crippen LogP contribution is 2.28. The van der Waals surface area contributed by atoms with E-state index in [1.807, 2.05) is 81.4 Å². The summed E-state index contributed by atoms with van der Waals surface area (Å²) in [5, 5.41) is 12.3. The van der Waals surface area contributed by atoms with Crippen molar-refractivity contribution >= 4 is 22.7 Å². The van der Waals surface area contributed by atoms with Gasteiger partial charge in [0.25, 0.3) is 5.56 Å². The van der Waals surface area contributed by atoms with Crippen molar-refractivity contribution in [2.24, 2.45) is 4.99 Å². The summed E-state index contributed by atoms with van der Waals surface area (Å²) in [6.45, 7) is 6.02. The third-order valence-corrected chi connectivity index (χ3v) is 5.27. The number of aromatic hydroxyl groups is 1. The molecule has 4 rings (SSSR count). The molecule has 0 bridgehead atoms. The van der Waals surface area contributed by atoms with Gasteiger partial charge in [-0.1, -0.05) is 42.5 Å². The molecule has 0 saturated carbocycles. The van der Waals surface area contributed by atoms with Gasteiger partial charge in [0.05, 0.1) is 16.9 Å². The van der Waals surface area contributed by atoms with Gasteiger partial charge >= 0.3 is 0 Å². The fourth-order valence-electron chi connectivity index (χ4n) is 3.51. The number of fused-ring (bicyclic) bond motifs is 1. The van der Waals surface area contributed by atoms with E-state index in [2.05, 4.69) is 4.99 Å². The van der Waals surface area contributed by atoms with E-state index in [4.69, 9.17) is 0 Å². The van der Waals surface area contributed by atoms with Gasteiger partial charge in [0, 0.05) is 17.0 Å². The minimum Gasteiger partial charge on any atom is -0.494 e. The van der Waals surface area contributed by atoms with Crippen molar-refractivity contribution < 1.29 is 5.11 Å². The van der Waals surface area contributed by atoms with Crippen LogP contribution in [0.4, 0.5) is 5.69 Å². The lowest BCUT2D eigenvalue weighted by Crippen LogP contribution is -2.20. The first-order valence-electron chi connectivity index (χ1n) is 9.51. The van der Waals surface area contributed by atoms with Crippen molar-refractivity contribution in [3.8, 4) is 11.6 Å². The van der Waals surface area contributed by atoms with Gasteiger partial charge in [-0.3, -0.25) is 9.79 Å². The van der Waals surface area contributed by atoms with Crippen molar-refractivity contribution in [1.82, 2.24) is 4.57 Å². The highest BCUT2D eigenvalue weighted by atomic mass is 16.3. The summed E-state index contributed by atoms with van der Waals surface area (Å²) in [4.78, 5) is 17.8. The molecule has 0 aliphatic heterocycles. The van der Waals surface area contributed by atoms with Gasteiger partial charge < -0.3 is 5.11 Å². The zero-order valence-electron chi connectivity index (χ0n) is 16.7. The fourth-order valence-corrected chi connectivity index (χ4v) is 3.51. The van der Waals surface area contributed by atoms with Crippen LogP contribution >= 0.6 is 0 Å². The number of hydrogen-bond donors (Lipinski definition) is 1. The molecule has 4 nitrogen and oxygen atoms in total. The summed E-state index contributed by atoms with van der Waals surface area (Å²) >= 11 is 0. The molecule has 0 fully saturated rings. The largest absolute Gasteiger partial charge is 0.494 e. The lowest BCUT2D eigenvalue weighted by Gasteiger charge is -2.14. The monoisotopic (exact) mass is 382 g/mol. The van der Waals surface area contributed by atoms with Crippen molar-refractivity contribution in [3.05, 3.63) is 99.3 Å². The van der Waals surface area contributed by atoms with Gasteiger partial charge in [0.1, 0.15) is 0 Å². The maximum Gasteiger partial charge on any atom is 0.265 e. The van der Waals surface area contributed by atoms with Crippen molar-refractivity contribution in [2.75, 3.05) is 0 Å². The van der Waals surface area contributed by atoms with Crippen molar-refractivity contribution in [1.29, 1.82) is 0 Å². The number of aromatic nitrogens is 1. The molecule has 3 aromatic carbocycles. The van der Waals surface area contributed by atoms with E-state index < -0.39 is 0 Å². The highest BCUT2D eigenvalue weighted by molar-refractivity contribution is 6.02. The smallest absolute Gasteiger partial charge is 0.265 e. The van der Waals surface area contributed by atoms with E-state index in [-0.39, 0.29) is 11.4 Å². The Bertz CT molecular complexity index is 1320. The van der Waals surface area contributed by atoms with Crippen LogP contribution in [0.25, 0.3) is 16.5 Å². The number of aryl methyl sites for hydroxylation is 2. The van der Waals surface area contributed by atoms with E-state index in [1.54, 1.807) is 12.3 Å². The molecule has 1 N–H and O–H groups in total. The lowest BCUT2D eigenvalue weighted by molar-refractivity contribution is 0.436. The molecule has 0 amide bonds. The van der Waals surface area contributed by atoms with Gasteiger partial charge in [-0.05, 0) is 61.7 Å². The van der Waals surface area contributed by atoms with Crippen LogP contribution in [0.1, 0.15) is 22.3 Å². The molecule has 0 atom stereocenters. The quantitative estimate of drug-likeness (QED) is 0.484. The van der Waals surface area contributed by atoms with Crippen LogP contribution in [-0.2, 0) is 0 Å². The van der Waals surface area contributed by atoms with Gasteiger partial charge in [-0.2, -0.15) is 0 Å². The molecule has 1 heterocycles. The summed E-state index contributed by atoms with van der Waals surface area (Å²) in [6.07, 6.45) is 1.64. The van der Waals surface area contributed by atoms with Crippen molar-refractivity contribution in [3.63, 3.8) is 0 Å². The summed E-state index contributed by atoms with van der Waals surface area (Å²) in [6, 6.07) is 20.7. The van der Waals surface area contributed by atoms with Crippen LogP contribution in [0.2, 0.25) is 0 Å². The van der Waals surface area contributed by atoms with Crippen LogP contribution in [0.3, 0.4) is 0 Å². The zero-order chi connectivity index (χ0) is 20.5. The van der Waals surface area contributed by atoms with E-state index >= 15 is 0 Å². The Balaban J connectivity index is 2.00. The zero-order valence-corrected chi connectivity index (χ0v) is 16.7. The second kappa shape index (κ2) is 7.40. The minimum absolute atomic E-state index is 0.117. The summed E-state index contributed by atoms with van der Waals surface area (Å²) in [7, 11) is 0. The molecule has 0 unspecified atom stereocenters. The second-order valence-corrected chi connectivity index (χ2v) is 7.24. The van der Waals surface area contributed by atoms with Gasteiger partial charge in [-0.25, -0.2) is 4.57 Å². The number of nitrogens with zero attached hydrogens (tertiary/aromatic N) is 2. The molecule has 0 spiro atoms. The Morgan fingerprint density at radius 1 is 0.897 bits per heavy atom. The van der Waals surface area contributed by atoms with Crippen LogP contribution < -0.4 is 5.56 Å². The Morgan fingerprint density at radius 3 is 2.38 bits per heavy atom. The molecular weight excluding hydrogens is 360 g/mol. The lowest BCUT2D eigenvalue weighted by atomic mass is 10.1. The van der Waals surface area contributed by atoms with E-state index in [0.717, 1.165) is 22.4 Å². The number of hydrogen-bond acceptors (Lipinski definition) is 3. The molecule has 144 valence electrons. The van der Waals surface area contributed by atoms with Gasteiger partial charge in [0.15, 0.2) is 0 Å². The van der Waals surface area contributed by atoms with Crippen molar-refractivity contribution in [2.45, 2.75) is 20.8 Å². The van der Waals surface area contributed by atoms with Crippen LogP contribution in [0.5, 0.6) is 5.88 Å². The first-order chi connectivity index (χ1) is 14.0. The topological polar surface area (TPSA) is 54.6 Å². The first kappa shape index (κ1) is 18.7. The molecule has 0 saturated heterocycles. The Hall–Kier alpha value is -3.66. The number of benzene rings is 3. The predicted octanol–water partition coefficient (Wildman–Crippen LogP) is 5.37. The molecule has 1 aromatic heterocycles. The molecule has 0 aliphatic rings. The average Bonchev–Trinajstić information content (AvgIpc) is 2.71. The third-order valence-electron chi connectivity index (χ3n) is 5.27. The Morgan fingerprint density at radius 2 is 1.62 bits per heavy atom. The number of pyridine rings is 1. The second-order valence-electron chi connectivity index (χ2n) is 7.24. The molecule has 0 aliphatic carbocycles. The van der Waals surface area contributed by atoms with Gasteiger partial charge in [-0.15, -0.1) is 0 Å². The van der Waals surface area contributed by atoms with Crippen LogP contribution in [-0.4, -0.2) is 15.9 Å². The first-order valence-corrected chi connectivity index (χ1v) is 9.51. The molecule has 4 aromatic rings. The maximum absolute atomic E-state index is 13.1. The molecule has 4 heteroatoms. The standard InChI is InChI=1S/C25H22N2O2/c1-16-8-6-10-19(14-16)27-24(28)21-12-5-4-11-20(21)22(25(27)29)15-26-23-13-7-9-17(2)18(23)3/h4-15,29H,1-3H3. The maximum atomic E-state index is 13.1.